The number of rotatable bonds is 6. The van der Waals surface area contributed by atoms with Gasteiger partial charge in [-0.15, -0.1) is 0 Å². The van der Waals surface area contributed by atoms with Gasteiger partial charge in [-0.3, -0.25) is 14.4 Å². The van der Waals surface area contributed by atoms with E-state index in [1.807, 2.05) is 0 Å². The first-order chi connectivity index (χ1) is 10.1. The highest BCUT2D eigenvalue weighted by Gasteiger charge is 2.30. The van der Waals surface area contributed by atoms with Crippen LogP contribution in [0.5, 0.6) is 0 Å². The molecule has 0 aliphatic carbocycles. The van der Waals surface area contributed by atoms with Gasteiger partial charge in [-0.05, 0) is 31.5 Å². The first-order valence-corrected chi connectivity index (χ1v) is 6.94. The maximum Gasteiger partial charge on any atom is 0.309 e. The molecule has 120 valence electrons. The Kier molecular flexibility index (Phi) is 5.68. The Hall–Kier alpha value is -2.37. The third-order valence-corrected chi connectivity index (χ3v) is 3.27. The molecule has 0 fully saturated rings. The van der Waals surface area contributed by atoms with Crippen molar-refractivity contribution in [3.8, 4) is 0 Å². The fourth-order valence-corrected chi connectivity index (χ4v) is 1.72. The van der Waals surface area contributed by atoms with Gasteiger partial charge in [0.2, 0.25) is 11.8 Å². The highest BCUT2D eigenvalue weighted by molar-refractivity contribution is 5.94. The molecule has 0 saturated heterocycles. The van der Waals surface area contributed by atoms with Crippen LogP contribution in [0.15, 0.2) is 24.3 Å². The molecule has 0 atom stereocenters. The lowest BCUT2D eigenvalue weighted by Crippen LogP contribution is -2.29. The normalized spacial score (nSPS) is 10.9. The Labute approximate surface area is 130 Å². The van der Waals surface area contributed by atoms with Crippen LogP contribution in [0.1, 0.15) is 25.8 Å². The number of anilines is 1. The van der Waals surface area contributed by atoms with Crippen molar-refractivity contribution in [2.45, 2.75) is 26.7 Å². The van der Waals surface area contributed by atoms with Gasteiger partial charge in [0, 0.05) is 26.2 Å². The molecule has 2 N–H and O–H groups in total. The van der Waals surface area contributed by atoms with Crippen LogP contribution in [0.3, 0.4) is 0 Å². The summed E-state index contributed by atoms with van der Waals surface area (Å²) in [6.07, 6.45) is 0.191. The summed E-state index contributed by atoms with van der Waals surface area (Å²) in [6, 6.07) is 6.92. The molecule has 0 heterocycles. The molecule has 6 nitrogen and oxygen atoms in total. The molecule has 0 aromatic heterocycles. The first-order valence-electron chi connectivity index (χ1n) is 6.94. The maximum atomic E-state index is 11.8. The van der Waals surface area contributed by atoms with Gasteiger partial charge in [-0.2, -0.15) is 0 Å². The van der Waals surface area contributed by atoms with Crippen LogP contribution in [0.25, 0.3) is 0 Å². The summed E-state index contributed by atoms with van der Waals surface area (Å²) >= 11 is 0. The van der Waals surface area contributed by atoms with Gasteiger partial charge in [-0.1, -0.05) is 12.1 Å². The van der Waals surface area contributed by atoms with E-state index in [1.54, 1.807) is 38.4 Å². The molecule has 1 aromatic carbocycles. The number of nitrogens with one attached hydrogen (secondary N) is 1. The third kappa shape index (κ3) is 5.20. The second-order valence-electron chi connectivity index (χ2n) is 6.08. The zero-order valence-corrected chi connectivity index (χ0v) is 13.3. The number of hydrogen-bond donors (Lipinski definition) is 2. The molecule has 0 radical (unpaired) electrons. The second-order valence-corrected chi connectivity index (χ2v) is 6.08. The fourth-order valence-electron chi connectivity index (χ4n) is 1.72. The van der Waals surface area contributed by atoms with Crippen LogP contribution < -0.4 is 5.32 Å². The minimum Gasteiger partial charge on any atom is -0.481 e. The minimum absolute atomic E-state index is 0.00000616. The number of carboxylic acid groups (broad SMARTS) is 1. The molecule has 1 rings (SSSR count). The van der Waals surface area contributed by atoms with E-state index < -0.39 is 11.4 Å². The smallest absolute Gasteiger partial charge is 0.309 e. The topological polar surface area (TPSA) is 86.7 Å². The molecule has 22 heavy (non-hydrogen) atoms. The lowest BCUT2D eigenvalue weighted by atomic mass is 9.89. The van der Waals surface area contributed by atoms with Crippen molar-refractivity contribution in [2.75, 3.05) is 19.4 Å². The van der Waals surface area contributed by atoms with Gasteiger partial charge < -0.3 is 15.3 Å². The summed E-state index contributed by atoms with van der Waals surface area (Å²) in [6.45, 7) is 3.01. The number of aliphatic carboxylic acids is 1. The molecular weight excluding hydrogens is 284 g/mol. The van der Waals surface area contributed by atoms with E-state index in [2.05, 4.69) is 5.32 Å². The summed E-state index contributed by atoms with van der Waals surface area (Å²) in [4.78, 5) is 36.0. The Morgan fingerprint density at radius 1 is 1.14 bits per heavy atom. The Bertz CT molecular complexity index is 562. The van der Waals surface area contributed by atoms with E-state index in [1.165, 1.54) is 18.7 Å². The molecule has 0 bridgehead atoms. The molecule has 6 heteroatoms. The van der Waals surface area contributed by atoms with Crippen LogP contribution in [0.2, 0.25) is 0 Å². The molecule has 0 unspecified atom stereocenters. The van der Waals surface area contributed by atoms with Crippen molar-refractivity contribution >= 4 is 23.5 Å². The zero-order valence-electron chi connectivity index (χ0n) is 13.3. The molecule has 1 aromatic rings. The molecule has 0 saturated carbocycles. The van der Waals surface area contributed by atoms with E-state index in [0.717, 1.165) is 5.56 Å². The summed E-state index contributed by atoms with van der Waals surface area (Å²) in [7, 11) is 3.39. The van der Waals surface area contributed by atoms with E-state index in [-0.39, 0.29) is 18.2 Å². The average molecular weight is 306 g/mol. The van der Waals surface area contributed by atoms with Crippen molar-refractivity contribution in [1.82, 2.24) is 4.90 Å². The molecular formula is C16H22N2O4. The summed E-state index contributed by atoms with van der Waals surface area (Å²) in [5.74, 6) is -1.37. The standard InChI is InChI=1S/C16H22N2O4/c1-16(2,15(21)22)10-13(19)17-12-7-5-11(6-8-12)9-14(20)18(3)4/h5-8H,9-10H2,1-4H3,(H,17,19)(H,21,22). The van der Waals surface area contributed by atoms with Gasteiger partial charge in [0.1, 0.15) is 0 Å². The Balaban J connectivity index is 2.63. The van der Waals surface area contributed by atoms with Crippen LogP contribution in [-0.4, -0.2) is 41.9 Å². The van der Waals surface area contributed by atoms with Crippen molar-refractivity contribution < 1.29 is 19.5 Å². The van der Waals surface area contributed by atoms with Gasteiger partial charge in [0.25, 0.3) is 0 Å². The minimum atomic E-state index is -1.11. The number of benzene rings is 1. The predicted octanol–water partition coefficient (Wildman–Crippen LogP) is 1.76. The number of carbonyl (C=O) groups is 3. The molecule has 2 amide bonds. The maximum absolute atomic E-state index is 11.8. The number of carbonyl (C=O) groups excluding carboxylic acids is 2. The van der Waals surface area contributed by atoms with Gasteiger partial charge in [0.05, 0.1) is 11.8 Å². The summed E-state index contributed by atoms with van der Waals surface area (Å²) < 4.78 is 0. The van der Waals surface area contributed by atoms with Crippen molar-refractivity contribution in [2.24, 2.45) is 5.41 Å². The van der Waals surface area contributed by atoms with Gasteiger partial charge >= 0.3 is 5.97 Å². The summed E-state index contributed by atoms with van der Waals surface area (Å²) in [5.41, 5.74) is 0.317. The molecule has 0 spiro atoms. The van der Waals surface area contributed by atoms with Crippen molar-refractivity contribution in [3.05, 3.63) is 29.8 Å². The number of nitrogens with zero attached hydrogens (tertiary/aromatic N) is 1. The number of carboxylic acids is 1. The predicted molar refractivity (Wildman–Crippen MR) is 83.5 cm³/mol. The van der Waals surface area contributed by atoms with Crippen LogP contribution in [0.4, 0.5) is 5.69 Å². The highest BCUT2D eigenvalue weighted by atomic mass is 16.4. The number of amides is 2. The van der Waals surface area contributed by atoms with E-state index in [0.29, 0.717) is 12.1 Å². The quantitative estimate of drug-likeness (QED) is 0.838. The number of hydrogen-bond acceptors (Lipinski definition) is 3. The van der Waals surface area contributed by atoms with Crippen LogP contribution in [0, 0.1) is 5.41 Å². The monoisotopic (exact) mass is 306 g/mol. The second kappa shape index (κ2) is 7.06. The Morgan fingerprint density at radius 3 is 2.14 bits per heavy atom. The first kappa shape index (κ1) is 17.7. The lowest BCUT2D eigenvalue weighted by molar-refractivity contribution is -0.149. The number of likely N-dealkylation sites (N-methyl/N-ethyl adjacent to an activating group) is 1. The zero-order chi connectivity index (χ0) is 16.9. The SMILES string of the molecule is CN(C)C(=O)Cc1ccc(NC(=O)CC(C)(C)C(=O)O)cc1. The third-order valence-electron chi connectivity index (χ3n) is 3.27. The van der Waals surface area contributed by atoms with Crippen LogP contribution in [-0.2, 0) is 20.8 Å². The van der Waals surface area contributed by atoms with E-state index in [4.69, 9.17) is 5.11 Å². The highest BCUT2D eigenvalue weighted by Crippen LogP contribution is 2.21. The molecule has 0 aliphatic heterocycles. The largest absolute Gasteiger partial charge is 0.481 e. The lowest BCUT2D eigenvalue weighted by Gasteiger charge is -2.18. The Morgan fingerprint density at radius 2 is 1.68 bits per heavy atom. The fraction of sp³-hybridized carbons (Fsp3) is 0.438. The van der Waals surface area contributed by atoms with Gasteiger partial charge in [-0.25, -0.2) is 0 Å². The van der Waals surface area contributed by atoms with Crippen molar-refractivity contribution in [3.63, 3.8) is 0 Å². The molecule has 0 aliphatic rings. The average Bonchev–Trinajstić information content (AvgIpc) is 2.39. The van der Waals surface area contributed by atoms with Crippen LogP contribution >= 0.6 is 0 Å². The van der Waals surface area contributed by atoms with E-state index >= 15 is 0 Å². The van der Waals surface area contributed by atoms with Gasteiger partial charge in [0.15, 0.2) is 0 Å². The van der Waals surface area contributed by atoms with Crippen molar-refractivity contribution in [1.29, 1.82) is 0 Å². The van der Waals surface area contributed by atoms with E-state index in [9.17, 15) is 14.4 Å². The summed E-state index contributed by atoms with van der Waals surface area (Å²) in [5, 5.41) is 11.7.